The minimum Gasteiger partial charge on any atom is -0.352 e. The molecule has 1 aliphatic rings. The van der Waals surface area contributed by atoms with E-state index in [-0.39, 0.29) is 18.1 Å². The van der Waals surface area contributed by atoms with Gasteiger partial charge in [-0.25, -0.2) is 4.79 Å². The molecule has 1 amide bonds. The number of carbonyl (C=O) groups excluding carboxylic acids is 1. The van der Waals surface area contributed by atoms with Crippen molar-refractivity contribution in [3.63, 3.8) is 0 Å². The lowest BCUT2D eigenvalue weighted by Gasteiger charge is -2.11. The molecule has 0 saturated heterocycles. The van der Waals surface area contributed by atoms with Gasteiger partial charge in [-0.1, -0.05) is 12.8 Å². The maximum atomic E-state index is 11.6. The molecule has 0 spiro atoms. The third kappa shape index (κ3) is 2.35. The van der Waals surface area contributed by atoms with E-state index < -0.39 is 0 Å². The Morgan fingerprint density at radius 3 is 2.69 bits per heavy atom. The molecule has 5 heteroatoms. The highest BCUT2D eigenvalue weighted by atomic mass is 16.2. The van der Waals surface area contributed by atoms with Gasteiger partial charge in [0.25, 0.3) is 0 Å². The van der Waals surface area contributed by atoms with E-state index in [2.05, 4.69) is 5.32 Å². The lowest BCUT2D eigenvalue weighted by Crippen LogP contribution is -2.37. The number of imidazole rings is 1. The van der Waals surface area contributed by atoms with Crippen LogP contribution in [0.4, 0.5) is 0 Å². The minimum atomic E-state index is -0.151. The Hall–Kier alpha value is -1.52. The van der Waals surface area contributed by atoms with Crippen molar-refractivity contribution in [1.82, 2.24) is 14.5 Å². The Kier molecular flexibility index (Phi) is 3.12. The van der Waals surface area contributed by atoms with Crippen LogP contribution in [-0.2, 0) is 18.4 Å². The van der Waals surface area contributed by atoms with E-state index in [9.17, 15) is 9.59 Å². The predicted octanol–water partition coefficient (Wildman–Crippen LogP) is 0.246. The maximum Gasteiger partial charge on any atom is 0.328 e. The molecule has 1 aromatic heterocycles. The van der Waals surface area contributed by atoms with E-state index in [0.29, 0.717) is 6.04 Å². The van der Waals surface area contributed by atoms with Crippen LogP contribution in [0.15, 0.2) is 17.2 Å². The molecule has 0 atom stereocenters. The fraction of sp³-hybridized carbons (Fsp3) is 0.636. The van der Waals surface area contributed by atoms with Crippen LogP contribution < -0.4 is 11.0 Å². The standard InChI is InChI=1S/C11H17N3O2/c1-13-6-7-14(11(13)16)8-10(15)12-9-4-2-3-5-9/h6-7,9H,2-5,8H2,1H3,(H,12,15). The largest absolute Gasteiger partial charge is 0.352 e. The van der Waals surface area contributed by atoms with Gasteiger partial charge < -0.3 is 9.88 Å². The Morgan fingerprint density at radius 1 is 1.44 bits per heavy atom. The van der Waals surface area contributed by atoms with Crippen molar-refractivity contribution in [3.8, 4) is 0 Å². The summed E-state index contributed by atoms with van der Waals surface area (Å²) >= 11 is 0. The molecule has 0 aromatic carbocycles. The maximum absolute atomic E-state index is 11.6. The Morgan fingerprint density at radius 2 is 2.12 bits per heavy atom. The van der Waals surface area contributed by atoms with Gasteiger partial charge in [-0.15, -0.1) is 0 Å². The third-order valence-corrected chi connectivity index (χ3v) is 3.05. The quantitative estimate of drug-likeness (QED) is 0.798. The highest BCUT2D eigenvalue weighted by Crippen LogP contribution is 2.17. The van der Waals surface area contributed by atoms with E-state index in [1.165, 1.54) is 22.0 Å². The molecule has 1 N–H and O–H groups in total. The van der Waals surface area contributed by atoms with Crippen LogP contribution in [0, 0.1) is 0 Å². The Bertz CT molecular complexity index is 427. The summed E-state index contributed by atoms with van der Waals surface area (Å²) in [7, 11) is 1.67. The summed E-state index contributed by atoms with van der Waals surface area (Å²) in [5, 5.41) is 2.96. The number of hydrogen-bond donors (Lipinski definition) is 1. The van der Waals surface area contributed by atoms with Crippen LogP contribution in [0.1, 0.15) is 25.7 Å². The van der Waals surface area contributed by atoms with E-state index in [4.69, 9.17) is 0 Å². The molecule has 0 unspecified atom stereocenters. The highest BCUT2D eigenvalue weighted by Gasteiger charge is 2.17. The number of carbonyl (C=O) groups is 1. The topological polar surface area (TPSA) is 56.0 Å². The fourth-order valence-corrected chi connectivity index (χ4v) is 2.13. The first-order chi connectivity index (χ1) is 7.66. The van der Waals surface area contributed by atoms with Gasteiger partial charge in [0.1, 0.15) is 6.54 Å². The zero-order valence-electron chi connectivity index (χ0n) is 9.48. The molecule has 0 aliphatic heterocycles. The smallest absolute Gasteiger partial charge is 0.328 e. The number of hydrogen-bond acceptors (Lipinski definition) is 2. The van der Waals surface area contributed by atoms with Crippen LogP contribution >= 0.6 is 0 Å². The Labute approximate surface area is 94.1 Å². The van der Waals surface area contributed by atoms with E-state index in [1.807, 2.05) is 0 Å². The lowest BCUT2D eigenvalue weighted by molar-refractivity contribution is -0.122. The lowest BCUT2D eigenvalue weighted by atomic mass is 10.2. The van der Waals surface area contributed by atoms with E-state index >= 15 is 0 Å². The number of amides is 1. The molecular weight excluding hydrogens is 206 g/mol. The average Bonchev–Trinajstić information content (AvgIpc) is 2.83. The molecule has 88 valence electrons. The van der Waals surface area contributed by atoms with Gasteiger partial charge in [0.2, 0.25) is 5.91 Å². The van der Waals surface area contributed by atoms with Gasteiger partial charge in [-0.3, -0.25) is 9.36 Å². The van der Waals surface area contributed by atoms with Gasteiger partial charge in [0.15, 0.2) is 0 Å². The third-order valence-electron chi connectivity index (χ3n) is 3.05. The molecule has 1 aliphatic carbocycles. The fourth-order valence-electron chi connectivity index (χ4n) is 2.13. The van der Waals surface area contributed by atoms with Crippen molar-refractivity contribution >= 4 is 5.91 Å². The molecule has 1 aromatic rings. The number of nitrogens with one attached hydrogen (secondary N) is 1. The van der Waals surface area contributed by atoms with Crippen LogP contribution in [0.25, 0.3) is 0 Å². The molecular formula is C11H17N3O2. The molecule has 1 fully saturated rings. The van der Waals surface area contributed by atoms with E-state index in [0.717, 1.165) is 12.8 Å². The van der Waals surface area contributed by atoms with Gasteiger partial charge in [-0.05, 0) is 12.8 Å². The van der Waals surface area contributed by atoms with Gasteiger partial charge >= 0.3 is 5.69 Å². The number of aryl methyl sites for hydroxylation is 1. The first-order valence-corrected chi connectivity index (χ1v) is 5.68. The van der Waals surface area contributed by atoms with Crippen molar-refractivity contribution in [2.75, 3.05) is 0 Å². The Balaban J connectivity index is 1.91. The molecule has 0 radical (unpaired) electrons. The van der Waals surface area contributed by atoms with Crippen molar-refractivity contribution < 1.29 is 4.79 Å². The van der Waals surface area contributed by atoms with Crippen molar-refractivity contribution in [1.29, 1.82) is 0 Å². The van der Waals surface area contributed by atoms with Crippen molar-refractivity contribution in [2.24, 2.45) is 7.05 Å². The summed E-state index contributed by atoms with van der Waals surface area (Å²) < 4.78 is 2.88. The SMILES string of the molecule is Cn1ccn(CC(=O)NC2CCCC2)c1=O. The molecule has 16 heavy (non-hydrogen) atoms. The molecule has 5 nitrogen and oxygen atoms in total. The molecule has 0 bridgehead atoms. The summed E-state index contributed by atoms with van der Waals surface area (Å²) in [6.45, 7) is 0.121. The first-order valence-electron chi connectivity index (χ1n) is 5.68. The van der Waals surface area contributed by atoms with E-state index in [1.54, 1.807) is 19.4 Å². The second-order valence-corrected chi connectivity index (χ2v) is 4.37. The van der Waals surface area contributed by atoms with Crippen LogP contribution in [-0.4, -0.2) is 21.1 Å². The number of nitrogens with zero attached hydrogens (tertiary/aromatic N) is 2. The van der Waals surface area contributed by atoms with Crippen molar-refractivity contribution in [2.45, 2.75) is 38.3 Å². The highest BCUT2D eigenvalue weighted by molar-refractivity contribution is 5.76. The summed E-state index contributed by atoms with van der Waals surface area (Å²) in [5.41, 5.74) is -0.151. The molecule has 1 saturated carbocycles. The zero-order chi connectivity index (χ0) is 11.5. The molecule has 1 heterocycles. The van der Waals surface area contributed by atoms with Gasteiger partial charge in [0.05, 0.1) is 0 Å². The van der Waals surface area contributed by atoms with Crippen LogP contribution in [0.2, 0.25) is 0 Å². The second kappa shape index (κ2) is 4.55. The number of rotatable bonds is 3. The summed E-state index contributed by atoms with van der Waals surface area (Å²) in [5.74, 6) is -0.0693. The number of aromatic nitrogens is 2. The monoisotopic (exact) mass is 223 g/mol. The van der Waals surface area contributed by atoms with Crippen LogP contribution in [0.3, 0.4) is 0 Å². The predicted molar refractivity (Wildman–Crippen MR) is 60.1 cm³/mol. The zero-order valence-corrected chi connectivity index (χ0v) is 9.48. The first kappa shape index (κ1) is 11.0. The van der Waals surface area contributed by atoms with Gasteiger partial charge in [0, 0.05) is 25.5 Å². The summed E-state index contributed by atoms with van der Waals surface area (Å²) in [6, 6.07) is 0.312. The van der Waals surface area contributed by atoms with Gasteiger partial charge in [-0.2, -0.15) is 0 Å². The normalized spacial score (nSPS) is 16.6. The minimum absolute atomic E-state index is 0.0693. The summed E-state index contributed by atoms with van der Waals surface area (Å²) in [6.07, 6.45) is 7.80. The summed E-state index contributed by atoms with van der Waals surface area (Å²) in [4.78, 5) is 23.1. The molecule has 2 rings (SSSR count). The van der Waals surface area contributed by atoms with Crippen LogP contribution in [0.5, 0.6) is 0 Å². The average molecular weight is 223 g/mol. The van der Waals surface area contributed by atoms with Crippen molar-refractivity contribution in [3.05, 3.63) is 22.9 Å². The second-order valence-electron chi connectivity index (χ2n) is 4.37.